The molecule has 1 aromatic heterocycles. The van der Waals surface area contributed by atoms with Crippen molar-refractivity contribution in [3.63, 3.8) is 0 Å². The van der Waals surface area contributed by atoms with Crippen molar-refractivity contribution in [1.82, 2.24) is 10.3 Å². The summed E-state index contributed by atoms with van der Waals surface area (Å²) in [4.78, 5) is 17.1. The van der Waals surface area contributed by atoms with E-state index in [-0.39, 0.29) is 12.5 Å². The van der Waals surface area contributed by atoms with E-state index in [1.54, 1.807) is 31.2 Å². The van der Waals surface area contributed by atoms with Gasteiger partial charge in [0.2, 0.25) is 0 Å². The molecular weight excluding hydrogens is 421 g/mol. The zero-order valence-corrected chi connectivity index (χ0v) is 17.4. The van der Waals surface area contributed by atoms with E-state index in [1.165, 1.54) is 12.1 Å². The van der Waals surface area contributed by atoms with E-state index in [0.29, 0.717) is 46.0 Å². The van der Waals surface area contributed by atoms with Crippen LogP contribution in [-0.4, -0.2) is 35.3 Å². The fraction of sp³-hybridized carbons (Fsp3) is 0.333. The molecule has 2 N–H and O–H groups in total. The summed E-state index contributed by atoms with van der Waals surface area (Å²) in [6.45, 7) is 2.06. The molecule has 168 valence electrons. The molecule has 1 amide bonds. The monoisotopic (exact) mass is 444 g/mol. The van der Waals surface area contributed by atoms with E-state index in [9.17, 15) is 18.0 Å². The number of nitrogens with one attached hydrogen (secondary N) is 1. The lowest BCUT2D eigenvalue weighted by atomic mass is 10.0. The van der Waals surface area contributed by atoms with Crippen molar-refractivity contribution in [1.29, 1.82) is 0 Å². The lowest BCUT2D eigenvalue weighted by molar-refractivity contribution is -0.137. The molecule has 8 heteroatoms. The first-order valence-corrected chi connectivity index (χ1v) is 10.4. The second kappa shape index (κ2) is 8.78. The number of alkyl halides is 3. The summed E-state index contributed by atoms with van der Waals surface area (Å²) >= 11 is 0. The summed E-state index contributed by atoms with van der Waals surface area (Å²) < 4.78 is 44.8. The normalized spacial score (nSPS) is 14.9. The van der Waals surface area contributed by atoms with E-state index in [0.717, 1.165) is 25.0 Å². The maximum absolute atomic E-state index is 12.9. The number of benzene rings is 2. The van der Waals surface area contributed by atoms with Crippen molar-refractivity contribution < 1.29 is 27.8 Å². The molecule has 1 saturated carbocycles. The fourth-order valence-electron chi connectivity index (χ4n) is 3.28. The van der Waals surface area contributed by atoms with Crippen LogP contribution in [0.15, 0.2) is 48.5 Å². The van der Waals surface area contributed by atoms with Crippen molar-refractivity contribution >= 4 is 16.8 Å². The number of hydrogen-bond acceptors (Lipinski definition) is 4. The van der Waals surface area contributed by atoms with Crippen molar-refractivity contribution in [2.45, 2.75) is 32.0 Å². The Kier molecular flexibility index (Phi) is 6.06. The molecule has 32 heavy (non-hydrogen) atoms. The number of pyridine rings is 1. The number of fused-ring (bicyclic) bond motifs is 1. The molecular formula is C24H23F3N2O3. The molecule has 3 aromatic rings. The molecule has 1 aliphatic carbocycles. The van der Waals surface area contributed by atoms with Gasteiger partial charge in [-0.05, 0) is 56.0 Å². The van der Waals surface area contributed by atoms with Crippen LogP contribution in [0.3, 0.4) is 0 Å². The summed E-state index contributed by atoms with van der Waals surface area (Å²) in [5.41, 5.74) is 1.10. The number of ether oxygens (including phenoxy) is 1. The number of hydrogen-bond donors (Lipinski definition) is 2. The van der Waals surface area contributed by atoms with Crippen LogP contribution in [0.2, 0.25) is 0 Å². The maximum Gasteiger partial charge on any atom is 0.416 e. The Morgan fingerprint density at radius 2 is 1.91 bits per heavy atom. The van der Waals surface area contributed by atoms with Gasteiger partial charge in [-0.3, -0.25) is 4.79 Å². The first-order chi connectivity index (χ1) is 15.2. The van der Waals surface area contributed by atoms with Gasteiger partial charge in [-0.25, -0.2) is 4.98 Å². The number of nitrogens with zero attached hydrogens (tertiary/aromatic N) is 1. The maximum atomic E-state index is 12.9. The number of carbonyl (C=O) groups is 1. The number of rotatable bonds is 7. The molecule has 1 fully saturated rings. The molecule has 0 spiro atoms. The number of aliphatic hydroxyl groups excluding tert-OH is 1. The largest absolute Gasteiger partial charge is 0.493 e. The minimum absolute atomic E-state index is 0.186. The third-order valence-electron chi connectivity index (χ3n) is 5.36. The number of halogens is 3. The van der Waals surface area contributed by atoms with Crippen molar-refractivity contribution in [2.75, 3.05) is 13.2 Å². The van der Waals surface area contributed by atoms with Gasteiger partial charge in [-0.2, -0.15) is 13.2 Å². The SMILES string of the molecule is C[C@@H](CO)NC(=O)c1ccc2c(OCC3CC3)cc(-c3ccc(C(F)(F)F)cc3)nc2c1. The van der Waals surface area contributed by atoms with Gasteiger partial charge in [-0.15, -0.1) is 0 Å². The summed E-state index contributed by atoms with van der Waals surface area (Å²) in [5, 5.41) is 12.6. The molecule has 0 unspecified atom stereocenters. The van der Waals surface area contributed by atoms with Gasteiger partial charge < -0.3 is 15.2 Å². The molecule has 1 aliphatic rings. The van der Waals surface area contributed by atoms with Gasteiger partial charge in [0.25, 0.3) is 5.91 Å². The Balaban J connectivity index is 1.73. The highest BCUT2D eigenvalue weighted by Gasteiger charge is 2.30. The highest BCUT2D eigenvalue weighted by molar-refractivity contribution is 5.99. The lowest BCUT2D eigenvalue weighted by Crippen LogP contribution is -2.34. The standard InChI is InChI=1S/C24H23F3N2O3/c1-14(12-30)28-23(31)17-6-9-19-21(10-17)29-20(11-22(19)32-13-15-2-3-15)16-4-7-18(8-5-16)24(25,26)27/h4-11,14-15,30H,2-3,12-13H2,1H3,(H,28,31)/t14-/m0/s1. The third-order valence-corrected chi connectivity index (χ3v) is 5.36. The third kappa shape index (κ3) is 5.02. The number of aromatic nitrogens is 1. The van der Waals surface area contributed by atoms with Crippen LogP contribution < -0.4 is 10.1 Å². The van der Waals surface area contributed by atoms with Crippen LogP contribution in [0.1, 0.15) is 35.7 Å². The van der Waals surface area contributed by atoms with Gasteiger partial charge >= 0.3 is 6.18 Å². The van der Waals surface area contributed by atoms with E-state index in [2.05, 4.69) is 10.3 Å². The summed E-state index contributed by atoms with van der Waals surface area (Å²) in [6, 6.07) is 11.1. The summed E-state index contributed by atoms with van der Waals surface area (Å²) in [7, 11) is 0. The number of amides is 1. The lowest BCUT2D eigenvalue weighted by Gasteiger charge is -2.14. The molecule has 5 nitrogen and oxygen atoms in total. The molecule has 4 rings (SSSR count). The minimum Gasteiger partial charge on any atom is -0.493 e. The van der Waals surface area contributed by atoms with E-state index < -0.39 is 17.8 Å². The van der Waals surface area contributed by atoms with Gasteiger partial charge in [0.1, 0.15) is 5.75 Å². The molecule has 1 atom stereocenters. The van der Waals surface area contributed by atoms with Gasteiger partial charge in [0.05, 0.1) is 30.0 Å². The molecule has 0 radical (unpaired) electrons. The molecule has 0 bridgehead atoms. The predicted molar refractivity (Wildman–Crippen MR) is 114 cm³/mol. The van der Waals surface area contributed by atoms with E-state index in [1.807, 2.05) is 0 Å². The zero-order valence-electron chi connectivity index (χ0n) is 17.4. The smallest absolute Gasteiger partial charge is 0.416 e. The Hall–Kier alpha value is -3.13. The fourth-order valence-corrected chi connectivity index (χ4v) is 3.28. The van der Waals surface area contributed by atoms with Crippen LogP contribution in [0.5, 0.6) is 5.75 Å². The first kappa shape index (κ1) is 22.1. The number of carbonyl (C=O) groups excluding carboxylic acids is 1. The predicted octanol–water partition coefficient (Wildman–Crippen LogP) is 4.82. The van der Waals surface area contributed by atoms with Gasteiger partial charge in [0.15, 0.2) is 0 Å². The van der Waals surface area contributed by atoms with Crippen LogP contribution in [0.25, 0.3) is 22.2 Å². The minimum atomic E-state index is -4.41. The van der Waals surface area contributed by atoms with Crippen LogP contribution in [0.4, 0.5) is 13.2 Å². The van der Waals surface area contributed by atoms with Crippen LogP contribution in [0, 0.1) is 5.92 Å². The zero-order chi connectivity index (χ0) is 22.9. The second-order valence-electron chi connectivity index (χ2n) is 8.12. The number of aliphatic hydroxyl groups is 1. The Labute approximate surface area is 183 Å². The molecule has 0 saturated heterocycles. The van der Waals surface area contributed by atoms with Gasteiger partial charge in [0, 0.05) is 28.6 Å². The van der Waals surface area contributed by atoms with E-state index >= 15 is 0 Å². The summed E-state index contributed by atoms with van der Waals surface area (Å²) in [6.07, 6.45) is -2.19. The van der Waals surface area contributed by atoms with Gasteiger partial charge in [-0.1, -0.05) is 12.1 Å². The topological polar surface area (TPSA) is 71.5 Å². The highest BCUT2D eigenvalue weighted by atomic mass is 19.4. The molecule has 1 heterocycles. The Bertz CT molecular complexity index is 1130. The highest BCUT2D eigenvalue weighted by Crippen LogP contribution is 2.35. The van der Waals surface area contributed by atoms with E-state index in [4.69, 9.17) is 9.84 Å². The quantitative estimate of drug-likeness (QED) is 0.548. The molecule has 0 aliphatic heterocycles. The Morgan fingerprint density at radius 3 is 2.53 bits per heavy atom. The average Bonchev–Trinajstić information content (AvgIpc) is 3.60. The van der Waals surface area contributed by atoms with Crippen molar-refractivity contribution in [2.24, 2.45) is 5.92 Å². The first-order valence-electron chi connectivity index (χ1n) is 10.4. The average molecular weight is 444 g/mol. The van der Waals surface area contributed by atoms with Crippen molar-refractivity contribution in [3.8, 4) is 17.0 Å². The van der Waals surface area contributed by atoms with Crippen LogP contribution >= 0.6 is 0 Å². The molecule has 2 aromatic carbocycles. The Morgan fingerprint density at radius 1 is 1.19 bits per heavy atom. The van der Waals surface area contributed by atoms with Crippen LogP contribution in [-0.2, 0) is 6.18 Å². The van der Waals surface area contributed by atoms with Crippen molar-refractivity contribution in [3.05, 3.63) is 59.7 Å². The summed E-state index contributed by atoms with van der Waals surface area (Å²) in [5.74, 6) is 0.737. The second-order valence-corrected chi connectivity index (χ2v) is 8.12.